The molecular weight excluding hydrogens is 261 g/mol. The van der Waals surface area contributed by atoms with E-state index in [-0.39, 0.29) is 18.3 Å². The highest BCUT2D eigenvalue weighted by molar-refractivity contribution is 5.92. The largest absolute Gasteiger partial charge is 0.481 e. The predicted octanol–water partition coefficient (Wildman–Crippen LogP) is 2.41. The van der Waals surface area contributed by atoms with Crippen molar-refractivity contribution in [1.29, 1.82) is 0 Å². The predicted molar refractivity (Wildman–Crippen MR) is 74.5 cm³/mol. The van der Waals surface area contributed by atoms with Crippen LogP contribution < -0.4 is 0 Å². The molecule has 1 unspecified atom stereocenters. The fourth-order valence-corrected chi connectivity index (χ4v) is 1.63. The standard InChI is InChI=1S/C15H18FNO3/c1-3-17(10-11(2)15(19)20)14(18)9-6-12-4-7-13(16)8-5-12/h4-9,11H,3,10H2,1-2H3,(H,19,20). The summed E-state index contributed by atoms with van der Waals surface area (Å²) in [5, 5.41) is 8.85. The van der Waals surface area contributed by atoms with Gasteiger partial charge in [-0.25, -0.2) is 4.39 Å². The van der Waals surface area contributed by atoms with E-state index in [4.69, 9.17) is 5.11 Å². The summed E-state index contributed by atoms with van der Waals surface area (Å²) in [6, 6.07) is 5.76. The van der Waals surface area contributed by atoms with E-state index in [1.807, 2.05) is 0 Å². The monoisotopic (exact) mass is 279 g/mol. The van der Waals surface area contributed by atoms with Crippen molar-refractivity contribution in [1.82, 2.24) is 4.90 Å². The van der Waals surface area contributed by atoms with Gasteiger partial charge < -0.3 is 10.0 Å². The van der Waals surface area contributed by atoms with Crippen molar-refractivity contribution in [3.05, 3.63) is 41.7 Å². The zero-order chi connectivity index (χ0) is 15.1. The third-order valence-corrected chi connectivity index (χ3v) is 2.90. The van der Waals surface area contributed by atoms with E-state index in [9.17, 15) is 14.0 Å². The Balaban J connectivity index is 2.67. The molecule has 5 heteroatoms. The van der Waals surface area contributed by atoms with Gasteiger partial charge in [-0.2, -0.15) is 0 Å². The van der Waals surface area contributed by atoms with Gasteiger partial charge in [0.2, 0.25) is 5.91 Å². The van der Waals surface area contributed by atoms with Crippen LogP contribution >= 0.6 is 0 Å². The van der Waals surface area contributed by atoms with Gasteiger partial charge in [0.05, 0.1) is 5.92 Å². The minimum Gasteiger partial charge on any atom is -0.481 e. The summed E-state index contributed by atoms with van der Waals surface area (Å²) < 4.78 is 12.7. The number of amides is 1. The summed E-state index contributed by atoms with van der Waals surface area (Å²) in [5.74, 6) is -2.14. The number of rotatable bonds is 6. The average molecular weight is 279 g/mol. The lowest BCUT2D eigenvalue weighted by atomic mass is 10.1. The van der Waals surface area contributed by atoms with Gasteiger partial charge in [0.25, 0.3) is 0 Å². The summed E-state index contributed by atoms with van der Waals surface area (Å²) in [6.45, 7) is 3.95. The molecule has 0 saturated heterocycles. The highest BCUT2D eigenvalue weighted by Gasteiger charge is 2.17. The first-order chi connectivity index (χ1) is 9.43. The van der Waals surface area contributed by atoms with Crippen LogP contribution in [-0.4, -0.2) is 35.0 Å². The molecule has 1 rings (SSSR count). The van der Waals surface area contributed by atoms with Crippen molar-refractivity contribution < 1.29 is 19.1 Å². The van der Waals surface area contributed by atoms with Crippen molar-refractivity contribution in [2.45, 2.75) is 13.8 Å². The minimum absolute atomic E-state index is 0.165. The third-order valence-electron chi connectivity index (χ3n) is 2.90. The van der Waals surface area contributed by atoms with Gasteiger partial charge >= 0.3 is 5.97 Å². The second-order valence-electron chi connectivity index (χ2n) is 4.50. The Morgan fingerprint density at radius 2 is 1.95 bits per heavy atom. The molecule has 0 spiro atoms. The zero-order valence-corrected chi connectivity index (χ0v) is 11.5. The van der Waals surface area contributed by atoms with Crippen LogP contribution in [0, 0.1) is 11.7 Å². The third kappa shape index (κ3) is 4.84. The molecule has 0 saturated carbocycles. The number of carboxylic acids is 1. The topological polar surface area (TPSA) is 57.6 Å². The Kier molecular flexibility index (Phi) is 5.90. The van der Waals surface area contributed by atoms with Crippen LogP contribution in [0.25, 0.3) is 6.08 Å². The van der Waals surface area contributed by atoms with Crippen LogP contribution in [0.4, 0.5) is 4.39 Å². The molecule has 0 aromatic heterocycles. The normalized spacial score (nSPS) is 12.3. The van der Waals surface area contributed by atoms with Gasteiger partial charge in [-0.1, -0.05) is 19.1 Å². The smallest absolute Gasteiger partial charge is 0.308 e. The van der Waals surface area contributed by atoms with Crippen molar-refractivity contribution in [3.63, 3.8) is 0 Å². The second kappa shape index (κ2) is 7.43. The highest BCUT2D eigenvalue weighted by Crippen LogP contribution is 2.06. The first kappa shape index (κ1) is 15.9. The molecule has 0 aliphatic rings. The Morgan fingerprint density at radius 3 is 2.45 bits per heavy atom. The van der Waals surface area contributed by atoms with Crippen LogP contribution in [-0.2, 0) is 9.59 Å². The van der Waals surface area contributed by atoms with Crippen LogP contribution in [0.3, 0.4) is 0 Å². The molecular formula is C15H18FNO3. The Hall–Kier alpha value is -2.17. The Labute approximate surface area is 117 Å². The summed E-state index contributed by atoms with van der Waals surface area (Å²) in [6.07, 6.45) is 2.95. The molecule has 108 valence electrons. The van der Waals surface area contributed by atoms with E-state index >= 15 is 0 Å². The number of carbonyl (C=O) groups is 2. The van der Waals surface area contributed by atoms with Gasteiger partial charge in [0.1, 0.15) is 5.82 Å². The van der Waals surface area contributed by atoms with Crippen LogP contribution in [0.15, 0.2) is 30.3 Å². The second-order valence-corrected chi connectivity index (χ2v) is 4.50. The molecule has 0 aliphatic heterocycles. The first-order valence-electron chi connectivity index (χ1n) is 6.39. The van der Waals surface area contributed by atoms with Gasteiger partial charge in [0, 0.05) is 19.2 Å². The molecule has 0 heterocycles. The Morgan fingerprint density at radius 1 is 1.35 bits per heavy atom. The Bertz CT molecular complexity index is 496. The highest BCUT2D eigenvalue weighted by atomic mass is 19.1. The van der Waals surface area contributed by atoms with Crippen molar-refractivity contribution >= 4 is 18.0 Å². The number of benzene rings is 1. The van der Waals surface area contributed by atoms with E-state index in [0.717, 1.165) is 0 Å². The van der Waals surface area contributed by atoms with Gasteiger partial charge in [0.15, 0.2) is 0 Å². The average Bonchev–Trinajstić information content (AvgIpc) is 2.43. The lowest BCUT2D eigenvalue weighted by Crippen LogP contribution is -2.35. The molecule has 1 amide bonds. The zero-order valence-electron chi connectivity index (χ0n) is 11.5. The number of aliphatic carboxylic acids is 1. The molecule has 4 nitrogen and oxygen atoms in total. The molecule has 0 radical (unpaired) electrons. The van der Waals surface area contributed by atoms with Crippen molar-refractivity contribution in [2.24, 2.45) is 5.92 Å². The van der Waals surface area contributed by atoms with Crippen LogP contribution in [0.2, 0.25) is 0 Å². The van der Waals surface area contributed by atoms with Gasteiger partial charge in [-0.15, -0.1) is 0 Å². The minimum atomic E-state index is -0.932. The number of nitrogens with zero attached hydrogens (tertiary/aromatic N) is 1. The molecule has 1 atom stereocenters. The summed E-state index contributed by atoms with van der Waals surface area (Å²) in [4.78, 5) is 24.2. The maximum atomic E-state index is 12.7. The number of hydrogen-bond donors (Lipinski definition) is 1. The van der Waals surface area contributed by atoms with Gasteiger partial charge in [-0.05, 0) is 30.7 Å². The molecule has 0 fully saturated rings. The van der Waals surface area contributed by atoms with Gasteiger partial charge in [-0.3, -0.25) is 9.59 Å². The van der Waals surface area contributed by atoms with Crippen LogP contribution in [0.1, 0.15) is 19.4 Å². The number of carbonyl (C=O) groups excluding carboxylic acids is 1. The molecule has 0 bridgehead atoms. The van der Waals surface area contributed by atoms with Crippen molar-refractivity contribution in [3.8, 4) is 0 Å². The lowest BCUT2D eigenvalue weighted by Gasteiger charge is -2.21. The molecule has 20 heavy (non-hydrogen) atoms. The first-order valence-corrected chi connectivity index (χ1v) is 6.39. The van der Waals surface area contributed by atoms with Crippen molar-refractivity contribution in [2.75, 3.05) is 13.1 Å². The van der Waals surface area contributed by atoms with Crippen LogP contribution in [0.5, 0.6) is 0 Å². The molecule has 1 aromatic carbocycles. The molecule has 1 aromatic rings. The van der Waals surface area contributed by atoms with E-state index in [1.54, 1.807) is 32.1 Å². The van der Waals surface area contributed by atoms with E-state index in [1.165, 1.54) is 23.1 Å². The fourth-order valence-electron chi connectivity index (χ4n) is 1.63. The van der Waals surface area contributed by atoms with E-state index in [0.29, 0.717) is 12.1 Å². The summed E-state index contributed by atoms with van der Waals surface area (Å²) in [5.41, 5.74) is 0.710. The fraction of sp³-hybridized carbons (Fsp3) is 0.333. The molecule has 0 aliphatic carbocycles. The maximum Gasteiger partial charge on any atom is 0.308 e. The number of likely N-dealkylation sites (N-methyl/N-ethyl adjacent to an activating group) is 1. The SMILES string of the molecule is CCN(CC(C)C(=O)O)C(=O)C=Cc1ccc(F)cc1. The summed E-state index contributed by atoms with van der Waals surface area (Å²) >= 11 is 0. The maximum absolute atomic E-state index is 12.7. The number of halogens is 1. The number of hydrogen-bond acceptors (Lipinski definition) is 2. The van der Waals surface area contributed by atoms with E-state index in [2.05, 4.69) is 0 Å². The van der Waals surface area contributed by atoms with E-state index < -0.39 is 11.9 Å². The summed E-state index contributed by atoms with van der Waals surface area (Å²) in [7, 11) is 0. The lowest BCUT2D eigenvalue weighted by molar-refractivity contribution is -0.142. The number of carboxylic acid groups (broad SMARTS) is 1. The molecule has 1 N–H and O–H groups in total. The quantitative estimate of drug-likeness (QED) is 0.813.